The number of benzene rings is 1. The lowest BCUT2D eigenvalue weighted by Gasteiger charge is -2.10. The maximum Gasteiger partial charge on any atom is 0.267 e. The van der Waals surface area contributed by atoms with Crippen molar-refractivity contribution in [2.75, 3.05) is 5.32 Å². The van der Waals surface area contributed by atoms with Crippen LogP contribution in [0.25, 0.3) is 0 Å². The van der Waals surface area contributed by atoms with Crippen molar-refractivity contribution in [2.24, 2.45) is 5.73 Å². The molecule has 2 rings (SSSR count). The number of rotatable bonds is 3. The third-order valence-corrected chi connectivity index (χ3v) is 3.59. The Labute approximate surface area is 118 Å². The van der Waals surface area contributed by atoms with Crippen LogP contribution in [-0.4, -0.2) is 15.9 Å². The molecule has 1 heterocycles. The highest BCUT2D eigenvalue weighted by atomic mass is 32.1. The Hall–Kier alpha value is -1.86. The Morgan fingerprint density at radius 2 is 2.26 bits per heavy atom. The fraction of sp³-hybridized carbons (Fsp3) is 0.0833. The first-order valence-corrected chi connectivity index (χ1v) is 6.59. The number of halogens is 1. The summed E-state index contributed by atoms with van der Waals surface area (Å²) in [6, 6.07) is 4.26. The van der Waals surface area contributed by atoms with E-state index in [4.69, 9.17) is 18.0 Å². The minimum atomic E-state index is -0.564. The zero-order chi connectivity index (χ0) is 14.0. The van der Waals surface area contributed by atoms with E-state index in [0.717, 1.165) is 0 Å². The van der Waals surface area contributed by atoms with Crippen molar-refractivity contribution in [2.45, 2.75) is 6.92 Å². The molecule has 2 aromatic rings. The summed E-state index contributed by atoms with van der Waals surface area (Å²) >= 11 is 6.01. The molecule has 0 spiro atoms. The number of aromatic nitrogens is 1. The van der Waals surface area contributed by atoms with Gasteiger partial charge in [-0.2, -0.15) is 0 Å². The Morgan fingerprint density at radius 3 is 2.84 bits per heavy atom. The molecule has 4 nitrogen and oxygen atoms in total. The Kier molecular flexibility index (Phi) is 3.87. The zero-order valence-corrected chi connectivity index (χ0v) is 11.6. The van der Waals surface area contributed by atoms with Crippen LogP contribution >= 0.6 is 23.6 Å². The Bertz CT molecular complexity index is 654. The zero-order valence-electron chi connectivity index (χ0n) is 9.94. The molecule has 19 heavy (non-hydrogen) atoms. The fourth-order valence-corrected chi connectivity index (χ4v) is 2.48. The minimum absolute atomic E-state index is 0.0352. The van der Waals surface area contributed by atoms with E-state index in [2.05, 4.69) is 10.3 Å². The first kappa shape index (κ1) is 13.6. The van der Waals surface area contributed by atoms with Gasteiger partial charge in [-0.15, -0.1) is 11.3 Å². The molecule has 3 N–H and O–H groups in total. The molecule has 1 amide bonds. The van der Waals surface area contributed by atoms with E-state index < -0.39 is 5.82 Å². The van der Waals surface area contributed by atoms with E-state index in [-0.39, 0.29) is 22.1 Å². The van der Waals surface area contributed by atoms with E-state index in [0.29, 0.717) is 10.6 Å². The first-order chi connectivity index (χ1) is 9.00. The van der Waals surface area contributed by atoms with Gasteiger partial charge in [-0.1, -0.05) is 18.3 Å². The molecule has 1 aromatic heterocycles. The van der Waals surface area contributed by atoms with Crippen molar-refractivity contribution in [3.63, 3.8) is 0 Å². The Morgan fingerprint density at radius 1 is 1.53 bits per heavy atom. The quantitative estimate of drug-likeness (QED) is 0.854. The van der Waals surface area contributed by atoms with Crippen LogP contribution in [-0.2, 0) is 0 Å². The molecular weight excluding hydrogens is 285 g/mol. The van der Waals surface area contributed by atoms with Crippen LogP contribution in [0, 0.1) is 12.7 Å². The van der Waals surface area contributed by atoms with Crippen molar-refractivity contribution in [3.8, 4) is 0 Å². The SMILES string of the molecule is Cc1ncsc1C(=O)Nc1cccc(F)c1C(N)=S. The van der Waals surface area contributed by atoms with Gasteiger partial charge in [-0.25, -0.2) is 9.37 Å². The van der Waals surface area contributed by atoms with Gasteiger partial charge in [-0.05, 0) is 19.1 Å². The molecule has 0 bridgehead atoms. The van der Waals surface area contributed by atoms with Crippen LogP contribution < -0.4 is 11.1 Å². The molecule has 0 unspecified atom stereocenters. The molecule has 0 fully saturated rings. The number of thiocarbonyl (C=S) groups is 1. The van der Waals surface area contributed by atoms with E-state index in [1.54, 1.807) is 18.5 Å². The Balaban J connectivity index is 2.35. The summed E-state index contributed by atoms with van der Waals surface area (Å²) in [5, 5.41) is 2.60. The molecular formula is C12H10FN3OS2. The molecule has 0 saturated heterocycles. The van der Waals surface area contributed by atoms with E-state index >= 15 is 0 Å². The predicted octanol–water partition coefficient (Wildman–Crippen LogP) is 2.48. The highest BCUT2D eigenvalue weighted by Crippen LogP contribution is 2.21. The van der Waals surface area contributed by atoms with Crippen molar-refractivity contribution < 1.29 is 9.18 Å². The number of carbonyl (C=O) groups excluding carboxylic acids is 1. The molecule has 0 aliphatic carbocycles. The van der Waals surface area contributed by atoms with Crippen LogP contribution in [0.15, 0.2) is 23.7 Å². The van der Waals surface area contributed by atoms with E-state index in [1.165, 1.54) is 23.5 Å². The smallest absolute Gasteiger partial charge is 0.267 e. The number of hydrogen-bond acceptors (Lipinski definition) is 4. The number of carbonyl (C=O) groups is 1. The van der Waals surface area contributed by atoms with Crippen LogP contribution in [0.3, 0.4) is 0 Å². The largest absolute Gasteiger partial charge is 0.389 e. The number of thiazole rings is 1. The third kappa shape index (κ3) is 2.77. The summed E-state index contributed by atoms with van der Waals surface area (Å²) in [7, 11) is 0. The standard InChI is InChI=1S/C12H10FN3OS2/c1-6-10(19-5-15-6)12(17)16-8-4-2-3-7(13)9(8)11(14)18/h2-5H,1H3,(H2,14,18)(H,16,17). The third-order valence-electron chi connectivity index (χ3n) is 2.46. The summed E-state index contributed by atoms with van der Waals surface area (Å²) in [6.45, 7) is 1.73. The van der Waals surface area contributed by atoms with Crippen LogP contribution in [0.2, 0.25) is 0 Å². The lowest BCUT2D eigenvalue weighted by molar-refractivity contribution is 0.103. The lowest BCUT2D eigenvalue weighted by atomic mass is 10.1. The molecule has 0 aliphatic heterocycles. The van der Waals surface area contributed by atoms with Crippen molar-refractivity contribution >= 4 is 40.1 Å². The first-order valence-electron chi connectivity index (χ1n) is 5.30. The predicted molar refractivity (Wildman–Crippen MR) is 77.1 cm³/mol. The highest BCUT2D eigenvalue weighted by molar-refractivity contribution is 7.80. The van der Waals surface area contributed by atoms with Crippen molar-refractivity contribution in [1.29, 1.82) is 0 Å². The number of hydrogen-bond donors (Lipinski definition) is 2. The number of anilines is 1. The molecule has 0 radical (unpaired) electrons. The maximum atomic E-state index is 13.6. The number of nitrogens with zero attached hydrogens (tertiary/aromatic N) is 1. The van der Waals surface area contributed by atoms with Crippen molar-refractivity contribution in [1.82, 2.24) is 4.98 Å². The molecule has 7 heteroatoms. The van der Waals surface area contributed by atoms with Gasteiger partial charge in [0, 0.05) is 0 Å². The second-order valence-corrected chi connectivity index (χ2v) is 5.04. The lowest BCUT2D eigenvalue weighted by Crippen LogP contribution is -2.19. The van der Waals surface area contributed by atoms with Crippen LogP contribution in [0.5, 0.6) is 0 Å². The average Bonchev–Trinajstić information content (AvgIpc) is 2.75. The van der Waals surface area contributed by atoms with E-state index in [9.17, 15) is 9.18 Å². The molecule has 0 saturated carbocycles. The second kappa shape index (κ2) is 5.41. The van der Waals surface area contributed by atoms with Gasteiger partial charge in [0.25, 0.3) is 5.91 Å². The van der Waals surface area contributed by atoms with Gasteiger partial charge in [0.15, 0.2) is 0 Å². The molecule has 98 valence electrons. The summed E-state index contributed by atoms with van der Waals surface area (Å²) in [6.07, 6.45) is 0. The number of nitrogens with one attached hydrogen (secondary N) is 1. The summed E-state index contributed by atoms with van der Waals surface area (Å²) < 4.78 is 13.6. The van der Waals surface area contributed by atoms with Gasteiger partial charge < -0.3 is 11.1 Å². The van der Waals surface area contributed by atoms with Gasteiger partial charge in [0.1, 0.15) is 15.7 Å². The average molecular weight is 295 g/mol. The maximum absolute atomic E-state index is 13.6. The summed E-state index contributed by atoms with van der Waals surface area (Å²) in [5.41, 5.74) is 7.96. The number of amides is 1. The summed E-state index contributed by atoms with van der Waals surface area (Å²) in [4.78, 5) is 16.4. The second-order valence-electron chi connectivity index (χ2n) is 3.75. The topological polar surface area (TPSA) is 68.0 Å². The monoisotopic (exact) mass is 295 g/mol. The summed E-state index contributed by atoms with van der Waals surface area (Å²) in [5.74, 6) is -0.922. The fourth-order valence-electron chi connectivity index (χ4n) is 1.58. The van der Waals surface area contributed by atoms with E-state index in [1.807, 2.05) is 0 Å². The van der Waals surface area contributed by atoms with Crippen LogP contribution in [0.4, 0.5) is 10.1 Å². The minimum Gasteiger partial charge on any atom is -0.389 e. The molecule has 0 aliphatic rings. The van der Waals surface area contributed by atoms with Crippen LogP contribution in [0.1, 0.15) is 20.9 Å². The normalized spacial score (nSPS) is 10.2. The van der Waals surface area contributed by atoms with Gasteiger partial charge >= 0.3 is 0 Å². The molecule has 1 aromatic carbocycles. The number of nitrogens with two attached hydrogens (primary N) is 1. The van der Waals surface area contributed by atoms with Crippen molar-refractivity contribution in [3.05, 3.63) is 45.7 Å². The van der Waals surface area contributed by atoms with Gasteiger partial charge in [0.05, 0.1) is 22.5 Å². The van der Waals surface area contributed by atoms with Gasteiger partial charge in [-0.3, -0.25) is 4.79 Å². The molecule has 0 atom stereocenters. The highest BCUT2D eigenvalue weighted by Gasteiger charge is 2.16. The van der Waals surface area contributed by atoms with Gasteiger partial charge in [0.2, 0.25) is 0 Å². The number of aryl methyl sites for hydroxylation is 1.